The molecule has 0 aliphatic carbocycles. The molecule has 0 aromatic rings. The first-order chi connectivity index (χ1) is 12.0. The highest BCUT2D eigenvalue weighted by Crippen LogP contribution is 2.36. The summed E-state index contributed by atoms with van der Waals surface area (Å²) in [6.45, 7) is 16.7. The van der Waals surface area contributed by atoms with Gasteiger partial charge in [0, 0.05) is 26.1 Å². The summed E-state index contributed by atoms with van der Waals surface area (Å²) in [4.78, 5) is 28.6. The molecule has 0 bridgehead atoms. The Labute approximate surface area is 158 Å². The topological polar surface area (TPSA) is 49.9 Å². The average molecular weight is 365 g/mol. The summed E-state index contributed by atoms with van der Waals surface area (Å²) in [6, 6.07) is 0. The van der Waals surface area contributed by atoms with E-state index in [2.05, 4.69) is 52.5 Å². The van der Waals surface area contributed by atoms with Crippen LogP contribution in [0.4, 0.5) is 0 Å². The average Bonchev–Trinajstić information content (AvgIpc) is 3.03. The summed E-state index contributed by atoms with van der Waals surface area (Å²) in [5.74, 6) is -0.225. The van der Waals surface area contributed by atoms with Crippen molar-refractivity contribution in [3.05, 3.63) is 11.6 Å². The number of carbonyl (C=O) groups excluding carboxylic acids is 2. The Kier molecular flexibility index (Phi) is 6.67. The molecule has 0 aromatic heterocycles. The summed E-state index contributed by atoms with van der Waals surface area (Å²) in [7, 11) is 0. The highest BCUT2D eigenvalue weighted by Gasteiger charge is 2.38. The van der Waals surface area contributed by atoms with Crippen LogP contribution in [0.1, 0.15) is 60.8 Å². The molecule has 2 aliphatic rings. The largest absolute Gasteiger partial charge is 0.365 e. The van der Waals surface area contributed by atoms with Gasteiger partial charge in [-0.2, -0.15) is 0 Å². The number of ether oxygens (including phenoxy) is 1. The Bertz CT molecular complexity index is 554. The second kappa shape index (κ2) is 8.22. The van der Waals surface area contributed by atoms with E-state index < -0.39 is 0 Å². The zero-order valence-electron chi connectivity index (χ0n) is 17.4. The predicted octanol–water partition coefficient (Wildman–Crippen LogP) is 3.45. The van der Waals surface area contributed by atoms with E-state index in [1.807, 2.05) is 0 Å². The lowest BCUT2D eigenvalue weighted by atomic mass is 9.75. The molecule has 1 atom stereocenters. The zero-order chi connectivity index (χ0) is 19.5. The summed E-state index contributed by atoms with van der Waals surface area (Å²) in [6.07, 6.45) is 4.40. The summed E-state index contributed by atoms with van der Waals surface area (Å²) >= 11 is 0. The molecule has 2 rings (SSSR count). The molecular formula is C21H36N2O3. The Morgan fingerprint density at radius 1 is 1.19 bits per heavy atom. The molecule has 26 heavy (non-hydrogen) atoms. The normalized spacial score (nSPS) is 23.4. The molecule has 5 heteroatoms. The van der Waals surface area contributed by atoms with E-state index in [-0.39, 0.29) is 28.6 Å². The zero-order valence-corrected chi connectivity index (χ0v) is 17.4. The molecule has 5 nitrogen and oxygen atoms in total. The molecule has 2 saturated heterocycles. The lowest BCUT2D eigenvalue weighted by Gasteiger charge is -2.30. The van der Waals surface area contributed by atoms with E-state index >= 15 is 0 Å². The van der Waals surface area contributed by atoms with Crippen LogP contribution in [0, 0.1) is 16.7 Å². The molecule has 0 spiro atoms. The molecule has 0 saturated carbocycles. The van der Waals surface area contributed by atoms with E-state index in [0.717, 1.165) is 19.6 Å². The molecule has 0 N–H and O–H groups in total. The summed E-state index contributed by atoms with van der Waals surface area (Å²) in [5, 5.41) is 0. The van der Waals surface area contributed by atoms with Crippen molar-refractivity contribution in [2.75, 3.05) is 33.0 Å². The van der Waals surface area contributed by atoms with Gasteiger partial charge >= 0.3 is 0 Å². The van der Waals surface area contributed by atoms with E-state index in [9.17, 15) is 9.59 Å². The molecule has 148 valence electrons. The quantitative estimate of drug-likeness (QED) is 0.513. The van der Waals surface area contributed by atoms with Gasteiger partial charge in [-0.1, -0.05) is 46.3 Å². The predicted molar refractivity (Wildman–Crippen MR) is 103 cm³/mol. The van der Waals surface area contributed by atoms with Gasteiger partial charge in [-0.15, -0.1) is 0 Å². The fourth-order valence-corrected chi connectivity index (χ4v) is 4.55. The number of hydrogen-bond acceptors (Lipinski definition) is 4. The van der Waals surface area contributed by atoms with Crippen LogP contribution in [0.15, 0.2) is 11.6 Å². The Morgan fingerprint density at radius 2 is 1.88 bits per heavy atom. The minimum absolute atomic E-state index is 0.00325. The smallest absolute Gasteiger partial charge is 0.233 e. The van der Waals surface area contributed by atoms with Gasteiger partial charge in [0.2, 0.25) is 11.8 Å². The Hall–Kier alpha value is -1.20. The second-order valence-corrected chi connectivity index (χ2v) is 9.86. The fourth-order valence-electron chi connectivity index (χ4n) is 4.55. The molecular weight excluding hydrogens is 328 g/mol. The van der Waals surface area contributed by atoms with Crippen LogP contribution in [-0.2, 0) is 14.3 Å². The fraction of sp³-hybridized carbons (Fsp3) is 0.810. The highest BCUT2D eigenvalue weighted by molar-refractivity contribution is 6.03. The lowest BCUT2D eigenvalue weighted by molar-refractivity contribution is -0.139. The van der Waals surface area contributed by atoms with Crippen molar-refractivity contribution >= 4 is 11.8 Å². The number of nitrogens with zero attached hydrogens (tertiary/aromatic N) is 2. The Balaban J connectivity index is 1.91. The van der Waals surface area contributed by atoms with Crippen molar-refractivity contribution < 1.29 is 14.3 Å². The number of imide groups is 1. The number of hydrogen-bond donors (Lipinski definition) is 0. The van der Waals surface area contributed by atoms with Crippen LogP contribution in [0.2, 0.25) is 0 Å². The first kappa shape index (κ1) is 21.1. The first-order valence-electron chi connectivity index (χ1n) is 9.79. The SMILES string of the molecule is C/C(=C\C(C)(C)CC(C)(C)C)CC1CC(=O)N(CCN2CCOC2)C1=O. The van der Waals surface area contributed by atoms with Crippen molar-refractivity contribution in [2.24, 2.45) is 16.7 Å². The van der Waals surface area contributed by atoms with Gasteiger partial charge < -0.3 is 4.74 Å². The third-order valence-corrected chi connectivity index (χ3v) is 4.99. The maximum atomic E-state index is 12.7. The number of carbonyl (C=O) groups is 2. The molecule has 2 heterocycles. The van der Waals surface area contributed by atoms with Crippen LogP contribution < -0.4 is 0 Å². The number of allylic oxidation sites excluding steroid dienone is 2. The van der Waals surface area contributed by atoms with Gasteiger partial charge in [0.25, 0.3) is 0 Å². The van der Waals surface area contributed by atoms with Crippen molar-refractivity contribution in [3.63, 3.8) is 0 Å². The molecule has 2 amide bonds. The van der Waals surface area contributed by atoms with E-state index in [4.69, 9.17) is 4.74 Å². The highest BCUT2D eigenvalue weighted by atomic mass is 16.5. The maximum absolute atomic E-state index is 12.7. The lowest BCUT2D eigenvalue weighted by Crippen LogP contribution is -2.38. The summed E-state index contributed by atoms with van der Waals surface area (Å²) in [5.41, 5.74) is 1.55. The van der Waals surface area contributed by atoms with Gasteiger partial charge in [-0.3, -0.25) is 19.4 Å². The van der Waals surface area contributed by atoms with Crippen LogP contribution in [0.25, 0.3) is 0 Å². The molecule has 1 unspecified atom stereocenters. The van der Waals surface area contributed by atoms with Gasteiger partial charge in [-0.05, 0) is 30.6 Å². The van der Waals surface area contributed by atoms with Gasteiger partial charge in [0.1, 0.15) is 0 Å². The number of amides is 2. The van der Waals surface area contributed by atoms with Crippen LogP contribution in [-0.4, -0.2) is 54.6 Å². The third-order valence-electron chi connectivity index (χ3n) is 4.99. The van der Waals surface area contributed by atoms with Crippen LogP contribution in [0.3, 0.4) is 0 Å². The van der Waals surface area contributed by atoms with Gasteiger partial charge in [0.05, 0.1) is 19.3 Å². The Morgan fingerprint density at radius 3 is 2.46 bits per heavy atom. The molecule has 0 aromatic carbocycles. The second-order valence-electron chi connectivity index (χ2n) is 9.86. The van der Waals surface area contributed by atoms with Crippen LogP contribution >= 0.6 is 0 Å². The third kappa shape index (κ3) is 6.20. The van der Waals surface area contributed by atoms with E-state index in [0.29, 0.717) is 32.7 Å². The number of likely N-dealkylation sites (tertiary alicyclic amines) is 1. The van der Waals surface area contributed by atoms with Crippen LogP contribution in [0.5, 0.6) is 0 Å². The van der Waals surface area contributed by atoms with Gasteiger partial charge in [0.15, 0.2) is 0 Å². The van der Waals surface area contributed by atoms with Crippen molar-refractivity contribution in [3.8, 4) is 0 Å². The first-order valence-corrected chi connectivity index (χ1v) is 9.79. The van der Waals surface area contributed by atoms with E-state index in [1.54, 1.807) is 0 Å². The van der Waals surface area contributed by atoms with Crippen molar-refractivity contribution in [1.29, 1.82) is 0 Å². The molecule has 2 fully saturated rings. The van der Waals surface area contributed by atoms with Gasteiger partial charge in [-0.25, -0.2) is 0 Å². The standard InChI is InChI=1S/C21H36N2O3/c1-16(13-21(5,6)14-20(2,3)4)11-17-12-18(24)23(19(17)25)8-7-22-9-10-26-15-22/h13,17H,7-12,14-15H2,1-6H3/b16-13+. The van der Waals surface area contributed by atoms with Crippen molar-refractivity contribution in [2.45, 2.75) is 60.8 Å². The van der Waals surface area contributed by atoms with Crippen molar-refractivity contribution in [1.82, 2.24) is 9.80 Å². The minimum Gasteiger partial charge on any atom is -0.365 e. The van der Waals surface area contributed by atoms with E-state index in [1.165, 1.54) is 10.5 Å². The monoisotopic (exact) mass is 364 g/mol. The molecule has 2 aliphatic heterocycles. The summed E-state index contributed by atoms with van der Waals surface area (Å²) < 4.78 is 5.31. The number of rotatable bonds is 7. The maximum Gasteiger partial charge on any atom is 0.233 e. The minimum atomic E-state index is -0.195. The molecule has 0 radical (unpaired) electrons.